The molecule has 2 N–H and O–H groups in total. The molecule has 3 nitrogen and oxygen atoms in total. The molecular weight excluding hydrogens is 324 g/mol. The number of carbonyl (C=O) groups excluding carboxylic acids is 1. The number of rotatable bonds is 4. The summed E-state index contributed by atoms with van der Waals surface area (Å²) in [4.78, 5) is 12.4. The number of fused-ring (bicyclic) bond motifs is 2. The molecule has 3 heterocycles. The highest BCUT2D eigenvalue weighted by molar-refractivity contribution is 8.19. The number of piperidine rings is 1. The predicted octanol–water partition coefficient (Wildman–Crippen LogP) is 4.02. The minimum Gasteiger partial charge on any atom is -0.326 e. The van der Waals surface area contributed by atoms with E-state index < -0.39 is 0 Å². The van der Waals surface area contributed by atoms with Crippen molar-refractivity contribution in [2.75, 3.05) is 16.8 Å². The maximum atomic E-state index is 12.4. The van der Waals surface area contributed by atoms with E-state index in [4.69, 9.17) is 0 Å². The van der Waals surface area contributed by atoms with Crippen molar-refractivity contribution in [3.8, 4) is 0 Å². The molecule has 3 aliphatic heterocycles. The maximum Gasteiger partial charge on any atom is 0.224 e. The van der Waals surface area contributed by atoms with Crippen molar-refractivity contribution in [2.24, 2.45) is 5.92 Å². The fraction of sp³-hybridized carbons (Fsp3) is 0.611. The van der Waals surface area contributed by atoms with Crippen molar-refractivity contribution in [1.82, 2.24) is 5.32 Å². The molecule has 5 heteroatoms. The molecule has 23 heavy (non-hydrogen) atoms. The molecule has 2 unspecified atom stereocenters. The first-order chi connectivity index (χ1) is 11.3. The second-order valence-electron chi connectivity index (χ2n) is 6.93. The molecule has 0 aliphatic carbocycles. The molecule has 3 saturated heterocycles. The van der Waals surface area contributed by atoms with E-state index in [0.717, 1.165) is 5.69 Å². The van der Waals surface area contributed by atoms with E-state index in [-0.39, 0.29) is 5.91 Å². The summed E-state index contributed by atoms with van der Waals surface area (Å²) in [5, 5.41) is 6.77. The van der Waals surface area contributed by atoms with Crippen molar-refractivity contribution in [1.29, 1.82) is 0 Å². The molecule has 0 spiro atoms. The van der Waals surface area contributed by atoms with Gasteiger partial charge in [0.1, 0.15) is 0 Å². The van der Waals surface area contributed by atoms with Crippen molar-refractivity contribution in [3.05, 3.63) is 29.8 Å². The standard InChI is InChI=1S/C18H24N2OS2/c21-17(10-12-8-15-4-5-16(9-12)19-15)20-14-3-1-2-13(11-14)18-22-6-7-23-18/h1-3,11-12,15-16,18-19H,4-10H2,(H,20,21). The van der Waals surface area contributed by atoms with Crippen molar-refractivity contribution in [2.45, 2.75) is 48.8 Å². The zero-order chi connectivity index (χ0) is 15.6. The Morgan fingerprint density at radius 1 is 1.17 bits per heavy atom. The van der Waals surface area contributed by atoms with Gasteiger partial charge in [-0.2, -0.15) is 0 Å². The van der Waals surface area contributed by atoms with Crippen LogP contribution in [-0.2, 0) is 4.79 Å². The Kier molecular flexibility index (Phi) is 4.88. The number of nitrogens with one attached hydrogen (secondary N) is 2. The van der Waals surface area contributed by atoms with Crippen LogP contribution < -0.4 is 10.6 Å². The van der Waals surface area contributed by atoms with Crippen LogP contribution in [0.25, 0.3) is 0 Å². The highest BCUT2D eigenvalue weighted by Crippen LogP contribution is 2.45. The zero-order valence-corrected chi connectivity index (χ0v) is 14.9. The largest absolute Gasteiger partial charge is 0.326 e. The number of amides is 1. The summed E-state index contributed by atoms with van der Waals surface area (Å²) in [5.74, 6) is 3.19. The van der Waals surface area contributed by atoms with Crippen LogP contribution in [0.4, 0.5) is 5.69 Å². The number of anilines is 1. The van der Waals surface area contributed by atoms with Gasteiger partial charge in [-0.1, -0.05) is 12.1 Å². The topological polar surface area (TPSA) is 41.1 Å². The molecule has 4 rings (SSSR count). The van der Waals surface area contributed by atoms with Crippen LogP contribution in [0.15, 0.2) is 24.3 Å². The summed E-state index contributed by atoms with van der Waals surface area (Å²) in [6, 6.07) is 9.72. The molecule has 1 amide bonds. The van der Waals surface area contributed by atoms with Crippen LogP contribution in [-0.4, -0.2) is 29.5 Å². The van der Waals surface area contributed by atoms with E-state index in [2.05, 4.69) is 28.8 Å². The van der Waals surface area contributed by atoms with Gasteiger partial charge in [-0.15, -0.1) is 23.5 Å². The second kappa shape index (κ2) is 7.08. The predicted molar refractivity (Wildman–Crippen MR) is 100 cm³/mol. The van der Waals surface area contributed by atoms with E-state index in [1.807, 2.05) is 29.6 Å². The van der Waals surface area contributed by atoms with Gasteiger partial charge in [0.15, 0.2) is 0 Å². The lowest BCUT2D eigenvalue weighted by Crippen LogP contribution is -2.39. The third-order valence-electron chi connectivity index (χ3n) is 5.11. The Morgan fingerprint density at radius 3 is 2.65 bits per heavy atom. The minimum atomic E-state index is 0.181. The molecule has 0 aromatic heterocycles. The van der Waals surface area contributed by atoms with Crippen LogP contribution in [0.3, 0.4) is 0 Å². The average Bonchev–Trinajstić information content (AvgIpc) is 3.17. The fourth-order valence-corrected chi connectivity index (χ4v) is 6.97. The quantitative estimate of drug-likeness (QED) is 0.862. The molecule has 2 bridgehead atoms. The van der Waals surface area contributed by atoms with Crippen LogP contribution in [0.2, 0.25) is 0 Å². The molecule has 1 aromatic rings. The summed E-state index contributed by atoms with van der Waals surface area (Å²) in [7, 11) is 0. The average molecular weight is 349 g/mol. The van der Waals surface area contributed by atoms with Crippen LogP contribution >= 0.6 is 23.5 Å². The van der Waals surface area contributed by atoms with Crippen molar-refractivity contribution < 1.29 is 4.79 Å². The number of hydrogen-bond acceptors (Lipinski definition) is 4. The van der Waals surface area contributed by atoms with Gasteiger partial charge in [-0.05, 0) is 49.3 Å². The molecule has 2 atom stereocenters. The Morgan fingerprint density at radius 2 is 1.91 bits per heavy atom. The molecular formula is C18H24N2OS2. The number of hydrogen-bond donors (Lipinski definition) is 2. The minimum absolute atomic E-state index is 0.181. The Bertz CT molecular complexity index is 562. The van der Waals surface area contributed by atoms with Gasteiger partial charge in [0.05, 0.1) is 4.58 Å². The maximum absolute atomic E-state index is 12.4. The van der Waals surface area contributed by atoms with Gasteiger partial charge in [0.25, 0.3) is 0 Å². The van der Waals surface area contributed by atoms with Crippen LogP contribution in [0.1, 0.15) is 42.2 Å². The Balaban J connectivity index is 1.34. The second-order valence-corrected chi connectivity index (χ2v) is 9.65. The Labute approximate surface area is 146 Å². The number of benzene rings is 1. The lowest BCUT2D eigenvalue weighted by Gasteiger charge is -2.28. The summed E-state index contributed by atoms with van der Waals surface area (Å²) < 4.78 is 0.534. The van der Waals surface area contributed by atoms with Crippen molar-refractivity contribution >= 4 is 35.1 Å². The van der Waals surface area contributed by atoms with E-state index in [1.165, 1.54) is 42.8 Å². The molecule has 124 valence electrons. The summed E-state index contributed by atoms with van der Waals surface area (Å²) in [6.45, 7) is 0. The van der Waals surface area contributed by atoms with Crippen LogP contribution in [0, 0.1) is 5.92 Å². The lowest BCUT2D eigenvalue weighted by atomic mass is 9.89. The van der Waals surface area contributed by atoms with Gasteiger partial charge in [-0.25, -0.2) is 0 Å². The third-order valence-corrected chi connectivity index (χ3v) is 8.21. The van der Waals surface area contributed by atoms with Gasteiger partial charge in [-0.3, -0.25) is 4.79 Å². The van der Waals surface area contributed by atoms with Gasteiger partial charge in [0, 0.05) is 35.7 Å². The van der Waals surface area contributed by atoms with E-state index in [0.29, 0.717) is 29.0 Å². The molecule has 3 aliphatic rings. The lowest BCUT2D eigenvalue weighted by molar-refractivity contribution is -0.117. The molecule has 0 saturated carbocycles. The number of carbonyl (C=O) groups is 1. The van der Waals surface area contributed by atoms with E-state index in [1.54, 1.807) is 0 Å². The van der Waals surface area contributed by atoms with Crippen molar-refractivity contribution in [3.63, 3.8) is 0 Å². The highest BCUT2D eigenvalue weighted by atomic mass is 32.2. The third kappa shape index (κ3) is 3.89. The molecule has 1 aromatic carbocycles. The van der Waals surface area contributed by atoms with Crippen LogP contribution in [0.5, 0.6) is 0 Å². The zero-order valence-electron chi connectivity index (χ0n) is 13.3. The van der Waals surface area contributed by atoms with Gasteiger partial charge in [0.2, 0.25) is 5.91 Å². The molecule has 0 radical (unpaired) electrons. The summed E-state index contributed by atoms with van der Waals surface area (Å²) in [6.07, 6.45) is 5.59. The molecule has 3 fully saturated rings. The first-order valence-electron chi connectivity index (χ1n) is 8.65. The number of thioether (sulfide) groups is 2. The summed E-state index contributed by atoms with van der Waals surface area (Å²) >= 11 is 4.00. The Hall–Kier alpha value is -0.650. The fourth-order valence-electron chi connectivity index (χ4n) is 4.13. The normalized spacial score (nSPS) is 30.5. The smallest absolute Gasteiger partial charge is 0.224 e. The first-order valence-corrected chi connectivity index (χ1v) is 10.7. The SMILES string of the molecule is O=C(CC1CC2CCC(C1)N2)Nc1cccc(C2SCCS2)c1. The van der Waals surface area contributed by atoms with Gasteiger partial charge >= 0.3 is 0 Å². The van der Waals surface area contributed by atoms with E-state index in [9.17, 15) is 4.79 Å². The first kappa shape index (κ1) is 15.9. The monoisotopic (exact) mass is 348 g/mol. The summed E-state index contributed by atoms with van der Waals surface area (Å²) in [5.41, 5.74) is 2.28. The highest BCUT2D eigenvalue weighted by Gasteiger charge is 2.34. The van der Waals surface area contributed by atoms with E-state index >= 15 is 0 Å². The van der Waals surface area contributed by atoms with Gasteiger partial charge < -0.3 is 10.6 Å².